The Morgan fingerprint density at radius 3 is 2.08 bits per heavy atom. The first-order valence-electron chi connectivity index (χ1n) is 17.9. The summed E-state index contributed by atoms with van der Waals surface area (Å²) < 4.78 is 8.23. The Bertz CT molecular complexity index is 3110. The van der Waals surface area contributed by atoms with Gasteiger partial charge in [-0.25, -0.2) is 0 Å². The van der Waals surface area contributed by atoms with Crippen LogP contribution in [0.3, 0.4) is 0 Å². The number of para-hydroxylation sites is 2. The van der Waals surface area contributed by atoms with Crippen LogP contribution in [0.4, 0.5) is 0 Å². The first kappa shape index (κ1) is 26.5. The summed E-state index contributed by atoms with van der Waals surface area (Å²) >= 11 is 1.96. The van der Waals surface area contributed by atoms with Gasteiger partial charge in [-0.2, -0.15) is 0 Å². The van der Waals surface area contributed by atoms with Gasteiger partial charge in [-0.15, -0.1) is 11.3 Å². The first-order chi connectivity index (χ1) is 24.4. The van der Waals surface area contributed by atoms with Gasteiger partial charge in [0, 0.05) is 54.0 Å². The van der Waals surface area contributed by atoms with Gasteiger partial charge in [0.15, 0.2) is 0 Å². The lowest BCUT2D eigenvalue weighted by Crippen LogP contribution is -2.55. The lowest BCUT2D eigenvalue weighted by atomic mass is 9.45. The van der Waals surface area contributed by atoms with Crippen molar-refractivity contribution in [3.63, 3.8) is 0 Å². The lowest BCUT2D eigenvalue weighted by Gasteiger charge is -2.37. The summed E-state index contributed by atoms with van der Waals surface area (Å²) in [7, 11) is 0. The molecule has 3 aromatic heterocycles. The normalized spacial score (nSPS) is 16.3. The second kappa shape index (κ2) is 8.17. The smallest absolute Gasteiger partial charge is 0.333 e. The minimum Gasteiger partial charge on any atom is -0.374 e. The van der Waals surface area contributed by atoms with Crippen LogP contribution in [0.5, 0.6) is 0 Å². The van der Waals surface area contributed by atoms with E-state index in [2.05, 4.69) is 152 Å². The van der Waals surface area contributed by atoms with Gasteiger partial charge in [-0.3, -0.25) is 0 Å². The van der Waals surface area contributed by atoms with Crippen molar-refractivity contribution in [1.82, 2.24) is 9.05 Å². The van der Waals surface area contributed by atoms with Crippen molar-refractivity contribution in [2.45, 2.75) is 38.5 Å². The molecule has 0 saturated carbocycles. The molecule has 2 aliphatic heterocycles. The van der Waals surface area contributed by atoms with Crippen molar-refractivity contribution < 1.29 is 0 Å². The molecule has 9 aromatic rings. The number of nitrogens with zero attached hydrogens (tertiary/aromatic N) is 2. The first-order valence-corrected chi connectivity index (χ1v) is 18.7. The van der Waals surface area contributed by atoms with E-state index >= 15 is 0 Å². The molecule has 0 atom stereocenters. The molecule has 0 N–H and O–H groups in total. The van der Waals surface area contributed by atoms with Crippen molar-refractivity contribution >= 4 is 71.2 Å². The largest absolute Gasteiger partial charge is 0.374 e. The molecule has 50 heavy (non-hydrogen) atoms. The summed E-state index contributed by atoms with van der Waals surface area (Å²) in [6, 6.07) is 44.3. The van der Waals surface area contributed by atoms with E-state index < -0.39 is 0 Å². The Morgan fingerprint density at radius 2 is 1.22 bits per heavy atom. The average Bonchev–Trinajstić information content (AvgIpc) is 3.89. The Hall–Kier alpha value is -5.32. The lowest BCUT2D eigenvalue weighted by molar-refractivity contribution is 0.662. The van der Waals surface area contributed by atoms with Gasteiger partial charge >= 0.3 is 6.85 Å². The zero-order valence-corrected chi connectivity index (χ0v) is 29.2. The Morgan fingerprint density at radius 1 is 0.560 bits per heavy atom. The SMILES string of the molecule is CC1(C)c2ccccc2-c2cc3c4c(c21)-c1cccc2c5sc6ccccc6c5n(c12)B4c1cccc2c4c(n-3c12)-c1ccccc1C4(C)C. The van der Waals surface area contributed by atoms with Crippen LogP contribution in [0.2, 0.25) is 0 Å². The van der Waals surface area contributed by atoms with Crippen molar-refractivity contribution in [2.24, 2.45) is 0 Å². The predicted octanol–water partition coefficient (Wildman–Crippen LogP) is 10.5. The second-order valence-corrected chi connectivity index (χ2v) is 17.1. The Kier molecular flexibility index (Phi) is 4.34. The van der Waals surface area contributed by atoms with Crippen molar-refractivity contribution in [2.75, 3.05) is 0 Å². The van der Waals surface area contributed by atoms with Crippen LogP contribution in [-0.2, 0) is 10.8 Å². The number of hydrogen-bond donors (Lipinski definition) is 0. The molecule has 5 heterocycles. The molecule has 2 aliphatic carbocycles. The van der Waals surface area contributed by atoms with Crippen LogP contribution in [0.1, 0.15) is 49.9 Å². The third-order valence-corrected chi connectivity index (χ3v) is 14.2. The molecule has 234 valence electrons. The standard InChI is InChI=1S/C46H31BN2S/c1-45(2)31-19-8-5-13-24(31)30-23-34-39-36(37(30)45)27-16-11-18-29-40(27)49(43-26-15-7-10-22-35(26)50-44(29)43)47(39)33-21-12-17-28-38-42(48(34)41(28)33)25-14-6-9-20-32(25)46(38,3)4/h5-23H,1-4H3. The molecule has 0 unspecified atom stereocenters. The van der Waals surface area contributed by atoms with Gasteiger partial charge in [-0.05, 0) is 62.0 Å². The van der Waals surface area contributed by atoms with E-state index in [1.165, 1.54) is 114 Å². The van der Waals surface area contributed by atoms with E-state index in [0.29, 0.717) is 0 Å². The molecular weight excluding hydrogens is 623 g/mol. The van der Waals surface area contributed by atoms with Gasteiger partial charge in [0.25, 0.3) is 0 Å². The van der Waals surface area contributed by atoms with E-state index in [1.807, 2.05) is 11.3 Å². The summed E-state index contributed by atoms with van der Waals surface area (Å²) in [6.07, 6.45) is 0. The zero-order chi connectivity index (χ0) is 33.0. The summed E-state index contributed by atoms with van der Waals surface area (Å²) in [6.45, 7) is 9.83. The van der Waals surface area contributed by atoms with Crippen molar-refractivity contribution in [3.8, 4) is 39.2 Å². The van der Waals surface area contributed by atoms with E-state index in [9.17, 15) is 0 Å². The van der Waals surface area contributed by atoms with Crippen LogP contribution < -0.4 is 10.9 Å². The fourth-order valence-electron chi connectivity index (χ4n) is 11.2. The predicted molar refractivity (Wildman–Crippen MR) is 213 cm³/mol. The van der Waals surface area contributed by atoms with Gasteiger partial charge in [0.2, 0.25) is 0 Å². The maximum Gasteiger partial charge on any atom is 0.333 e. The van der Waals surface area contributed by atoms with E-state index in [1.54, 1.807) is 0 Å². The molecular formula is C46H31BN2S. The van der Waals surface area contributed by atoms with Crippen LogP contribution in [-0.4, -0.2) is 15.9 Å². The number of thiophene rings is 1. The van der Waals surface area contributed by atoms with E-state index in [4.69, 9.17) is 0 Å². The maximum absolute atomic E-state index is 2.77. The van der Waals surface area contributed by atoms with Crippen molar-refractivity contribution in [3.05, 3.63) is 138 Å². The summed E-state index contributed by atoms with van der Waals surface area (Å²) in [5.41, 5.74) is 22.3. The van der Waals surface area contributed by atoms with Crippen LogP contribution in [0.25, 0.3) is 81.3 Å². The molecule has 4 aliphatic rings. The van der Waals surface area contributed by atoms with Gasteiger partial charge in [0.1, 0.15) is 0 Å². The highest BCUT2D eigenvalue weighted by Gasteiger charge is 2.50. The van der Waals surface area contributed by atoms with Crippen LogP contribution in [0, 0.1) is 0 Å². The highest BCUT2D eigenvalue weighted by atomic mass is 32.1. The summed E-state index contributed by atoms with van der Waals surface area (Å²) in [5, 5.41) is 4.13. The topological polar surface area (TPSA) is 9.86 Å². The minimum absolute atomic E-state index is 0.0577. The summed E-state index contributed by atoms with van der Waals surface area (Å²) in [4.78, 5) is 0. The van der Waals surface area contributed by atoms with Gasteiger partial charge < -0.3 is 9.05 Å². The zero-order valence-electron chi connectivity index (χ0n) is 28.3. The van der Waals surface area contributed by atoms with Crippen LogP contribution >= 0.6 is 11.3 Å². The number of fused-ring (bicyclic) bond motifs is 18. The third-order valence-electron chi connectivity index (χ3n) is 13.0. The van der Waals surface area contributed by atoms with Crippen molar-refractivity contribution in [1.29, 1.82) is 0 Å². The molecule has 2 nitrogen and oxygen atoms in total. The Balaban J connectivity index is 1.32. The highest BCUT2D eigenvalue weighted by Crippen LogP contribution is 2.58. The van der Waals surface area contributed by atoms with Gasteiger partial charge in [0.05, 0.1) is 21.4 Å². The highest BCUT2D eigenvalue weighted by molar-refractivity contribution is 7.27. The second-order valence-electron chi connectivity index (χ2n) is 16.0. The molecule has 4 heteroatoms. The molecule has 0 amide bonds. The molecule has 0 bridgehead atoms. The fourth-order valence-corrected chi connectivity index (χ4v) is 12.4. The fraction of sp³-hybridized carbons (Fsp3) is 0.130. The number of rotatable bonds is 0. The molecule has 0 fully saturated rings. The molecule has 6 aromatic carbocycles. The number of aromatic nitrogens is 2. The Labute approximate surface area is 294 Å². The molecule has 0 radical (unpaired) electrons. The van der Waals surface area contributed by atoms with Gasteiger partial charge in [-0.1, -0.05) is 131 Å². The number of benzene rings is 6. The van der Waals surface area contributed by atoms with Crippen LogP contribution in [0.15, 0.2) is 115 Å². The van der Waals surface area contributed by atoms with E-state index in [0.717, 1.165) is 0 Å². The molecule has 13 rings (SSSR count). The average molecular weight is 655 g/mol. The molecule has 0 spiro atoms. The molecule has 0 saturated heterocycles. The number of hydrogen-bond acceptors (Lipinski definition) is 1. The summed E-state index contributed by atoms with van der Waals surface area (Å²) in [5.74, 6) is 0. The monoisotopic (exact) mass is 654 g/mol. The minimum atomic E-state index is -0.138. The van der Waals surface area contributed by atoms with E-state index in [-0.39, 0.29) is 17.7 Å². The third kappa shape index (κ3) is 2.64. The quantitative estimate of drug-likeness (QED) is 0.144. The maximum atomic E-state index is 2.77.